The average molecular weight is 495 g/mol. The molecule has 2 N–H and O–H groups in total. The average Bonchev–Trinajstić information content (AvgIpc) is 2.73. The molecule has 0 bridgehead atoms. The maximum Gasteiger partial charge on any atom is 0.265 e. The number of methoxy groups -OCH3 is 1. The first-order valence-corrected chi connectivity index (χ1v) is 11.6. The van der Waals surface area contributed by atoms with Gasteiger partial charge in [-0.15, -0.1) is 0 Å². The minimum Gasteiger partial charge on any atom is -0.497 e. The molecule has 1 amide bonds. The molecule has 0 aliphatic carbocycles. The van der Waals surface area contributed by atoms with Crippen molar-refractivity contribution in [3.63, 3.8) is 0 Å². The minimum atomic E-state index is -3.87. The van der Waals surface area contributed by atoms with Crippen molar-refractivity contribution < 1.29 is 22.7 Å². The fourth-order valence-electron chi connectivity index (χ4n) is 2.72. The number of hydrogen-bond donors (Lipinski definition) is 2. The van der Waals surface area contributed by atoms with Crippen LogP contribution in [0.25, 0.3) is 0 Å². The van der Waals surface area contributed by atoms with Gasteiger partial charge in [0, 0.05) is 21.8 Å². The number of rotatable bonds is 8. The second kappa shape index (κ2) is 10.1. The zero-order chi connectivity index (χ0) is 23.3. The highest BCUT2D eigenvalue weighted by Gasteiger charge is 2.17. The first kappa shape index (κ1) is 23.7. The second-order valence-corrected chi connectivity index (χ2v) is 9.27. The van der Waals surface area contributed by atoms with Crippen LogP contribution in [0.15, 0.2) is 71.6 Å². The van der Waals surface area contributed by atoms with E-state index in [1.54, 1.807) is 38.3 Å². The van der Waals surface area contributed by atoms with Crippen LogP contribution < -0.4 is 19.5 Å². The van der Waals surface area contributed by atoms with Crippen LogP contribution in [0.3, 0.4) is 0 Å². The molecular formula is C22H20Cl2N2O5S. The Bertz CT molecular complexity index is 1200. The molecule has 0 fully saturated rings. The molecule has 7 nitrogen and oxygen atoms in total. The second-order valence-electron chi connectivity index (χ2n) is 6.72. The van der Waals surface area contributed by atoms with Crippen molar-refractivity contribution in [2.45, 2.75) is 17.9 Å². The zero-order valence-corrected chi connectivity index (χ0v) is 19.5. The lowest BCUT2D eigenvalue weighted by atomic mass is 10.3. The Morgan fingerprint density at radius 2 is 1.53 bits per heavy atom. The summed E-state index contributed by atoms with van der Waals surface area (Å²) in [5.41, 5.74) is 0.657. The monoisotopic (exact) mass is 494 g/mol. The highest BCUT2D eigenvalue weighted by molar-refractivity contribution is 7.92. The van der Waals surface area contributed by atoms with E-state index in [2.05, 4.69) is 10.0 Å². The van der Waals surface area contributed by atoms with Crippen molar-refractivity contribution in [3.05, 3.63) is 76.8 Å². The number of hydrogen-bond acceptors (Lipinski definition) is 5. The lowest BCUT2D eigenvalue weighted by molar-refractivity contribution is -0.122. The van der Waals surface area contributed by atoms with Gasteiger partial charge in [0.05, 0.1) is 17.7 Å². The number of amides is 1. The minimum absolute atomic E-state index is 0.00674. The molecule has 0 aliphatic rings. The molecule has 0 spiro atoms. The predicted octanol–water partition coefficient (Wildman–Crippen LogP) is 5.21. The smallest absolute Gasteiger partial charge is 0.265 e. The summed E-state index contributed by atoms with van der Waals surface area (Å²) in [6.45, 7) is 1.60. The van der Waals surface area contributed by atoms with E-state index in [1.165, 1.54) is 42.5 Å². The van der Waals surface area contributed by atoms with Crippen LogP contribution in [0.1, 0.15) is 6.92 Å². The SMILES string of the molecule is COc1cccc(O[C@@H](C)C(=O)Nc2ccc(S(=O)(=O)Nc3cc(Cl)cc(Cl)c3)cc2)c1. The fourth-order valence-corrected chi connectivity index (χ4v) is 4.29. The Kier molecular flexibility index (Phi) is 7.50. The van der Waals surface area contributed by atoms with Gasteiger partial charge < -0.3 is 14.8 Å². The van der Waals surface area contributed by atoms with Gasteiger partial charge in [0.25, 0.3) is 15.9 Å². The quantitative estimate of drug-likeness (QED) is 0.448. The Morgan fingerprint density at radius 3 is 2.16 bits per heavy atom. The molecule has 3 aromatic rings. The molecule has 10 heteroatoms. The Morgan fingerprint density at radius 1 is 0.906 bits per heavy atom. The maximum atomic E-state index is 12.6. The van der Waals surface area contributed by atoms with Gasteiger partial charge in [0.1, 0.15) is 11.5 Å². The summed E-state index contributed by atoms with van der Waals surface area (Å²) in [5, 5.41) is 3.30. The molecule has 1 atom stereocenters. The number of ether oxygens (including phenoxy) is 2. The van der Waals surface area contributed by atoms with Crippen LogP contribution in [0.2, 0.25) is 10.0 Å². The molecule has 0 heterocycles. The van der Waals surface area contributed by atoms with Crippen molar-refractivity contribution >= 4 is 50.5 Å². The van der Waals surface area contributed by atoms with Crippen LogP contribution in [0.5, 0.6) is 11.5 Å². The van der Waals surface area contributed by atoms with E-state index in [0.717, 1.165) is 0 Å². The Balaban J connectivity index is 1.64. The van der Waals surface area contributed by atoms with Crippen molar-refractivity contribution in [1.29, 1.82) is 0 Å². The number of carbonyl (C=O) groups excluding carboxylic acids is 1. The number of carbonyl (C=O) groups is 1. The van der Waals surface area contributed by atoms with Gasteiger partial charge >= 0.3 is 0 Å². The lowest BCUT2D eigenvalue weighted by Gasteiger charge is -2.15. The number of nitrogens with one attached hydrogen (secondary N) is 2. The van der Waals surface area contributed by atoms with E-state index in [0.29, 0.717) is 27.2 Å². The number of anilines is 2. The summed E-state index contributed by atoms with van der Waals surface area (Å²) in [6.07, 6.45) is -0.792. The molecule has 168 valence electrons. The molecule has 0 unspecified atom stereocenters. The molecule has 3 rings (SSSR count). The summed E-state index contributed by atoms with van der Waals surface area (Å²) >= 11 is 11.8. The van der Waals surface area contributed by atoms with E-state index < -0.39 is 22.0 Å². The van der Waals surface area contributed by atoms with Crippen molar-refractivity contribution in [3.8, 4) is 11.5 Å². The Hall–Kier alpha value is -2.94. The number of benzene rings is 3. The predicted molar refractivity (Wildman–Crippen MR) is 125 cm³/mol. The topological polar surface area (TPSA) is 93.7 Å². The van der Waals surface area contributed by atoms with Gasteiger partial charge in [-0.25, -0.2) is 8.42 Å². The molecular weight excluding hydrogens is 475 g/mol. The van der Waals surface area contributed by atoms with Crippen LogP contribution in [0, 0.1) is 0 Å². The van der Waals surface area contributed by atoms with Crippen molar-refractivity contribution in [2.75, 3.05) is 17.1 Å². The third-order valence-corrected chi connectivity index (χ3v) is 6.10. The first-order chi connectivity index (χ1) is 15.2. The molecule has 3 aromatic carbocycles. The van der Waals surface area contributed by atoms with E-state index in [9.17, 15) is 13.2 Å². The summed E-state index contributed by atoms with van der Waals surface area (Å²) < 4.78 is 38.4. The molecule has 0 aromatic heterocycles. The van der Waals surface area contributed by atoms with E-state index in [1.807, 2.05) is 0 Å². The zero-order valence-electron chi connectivity index (χ0n) is 17.1. The van der Waals surface area contributed by atoms with E-state index in [4.69, 9.17) is 32.7 Å². The highest BCUT2D eigenvalue weighted by Crippen LogP contribution is 2.25. The van der Waals surface area contributed by atoms with Crippen molar-refractivity contribution in [2.24, 2.45) is 0 Å². The largest absolute Gasteiger partial charge is 0.497 e. The molecule has 32 heavy (non-hydrogen) atoms. The van der Waals surface area contributed by atoms with Gasteiger partial charge in [-0.3, -0.25) is 9.52 Å². The molecule has 0 radical (unpaired) electrons. The maximum absolute atomic E-state index is 12.6. The van der Waals surface area contributed by atoms with E-state index >= 15 is 0 Å². The summed E-state index contributed by atoms with van der Waals surface area (Å²) in [6, 6.07) is 17.0. The van der Waals surface area contributed by atoms with Crippen LogP contribution in [-0.2, 0) is 14.8 Å². The number of halogens is 2. The highest BCUT2D eigenvalue weighted by atomic mass is 35.5. The van der Waals surface area contributed by atoms with Gasteiger partial charge in [-0.05, 0) is 61.5 Å². The van der Waals surface area contributed by atoms with Gasteiger partial charge in [-0.1, -0.05) is 29.3 Å². The molecule has 0 saturated carbocycles. The lowest BCUT2D eigenvalue weighted by Crippen LogP contribution is -2.30. The van der Waals surface area contributed by atoms with Gasteiger partial charge in [-0.2, -0.15) is 0 Å². The fraction of sp³-hybridized carbons (Fsp3) is 0.136. The van der Waals surface area contributed by atoms with E-state index in [-0.39, 0.29) is 10.6 Å². The summed E-state index contributed by atoms with van der Waals surface area (Å²) in [4.78, 5) is 12.4. The normalized spacial score (nSPS) is 12.0. The van der Waals surface area contributed by atoms with Crippen LogP contribution >= 0.6 is 23.2 Å². The standard InChI is InChI=1S/C22H20Cl2N2O5S/c1-14(31-20-5-3-4-19(13-20)30-2)22(27)25-17-6-8-21(9-7-17)32(28,29)26-18-11-15(23)10-16(24)12-18/h3-14,26H,1-2H3,(H,25,27)/t14-/m0/s1. The Labute approximate surface area is 196 Å². The van der Waals surface area contributed by atoms with Gasteiger partial charge in [0.15, 0.2) is 6.10 Å². The third kappa shape index (κ3) is 6.29. The van der Waals surface area contributed by atoms with Gasteiger partial charge in [0.2, 0.25) is 0 Å². The summed E-state index contributed by atoms with van der Waals surface area (Å²) in [5.74, 6) is 0.705. The molecule has 0 aliphatic heterocycles. The first-order valence-electron chi connectivity index (χ1n) is 9.37. The third-order valence-electron chi connectivity index (χ3n) is 4.27. The van der Waals surface area contributed by atoms with Crippen molar-refractivity contribution in [1.82, 2.24) is 0 Å². The van der Waals surface area contributed by atoms with Crippen LogP contribution in [-0.4, -0.2) is 27.5 Å². The van der Waals surface area contributed by atoms with Crippen LogP contribution in [0.4, 0.5) is 11.4 Å². The molecule has 0 saturated heterocycles. The summed E-state index contributed by atoms with van der Waals surface area (Å²) in [7, 11) is -2.33. The number of sulfonamides is 1.